The van der Waals surface area contributed by atoms with Crippen LogP contribution in [0.1, 0.15) is 18.6 Å². The van der Waals surface area contributed by atoms with Crippen molar-refractivity contribution in [2.24, 2.45) is 4.99 Å². The molecule has 0 bridgehead atoms. The van der Waals surface area contributed by atoms with Crippen LogP contribution in [0.5, 0.6) is 17.2 Å². The lowest BCUT2D eigenvalue weighted by Crippen LogP contribution is -2.41. The Morgan fingerprint density at radius 2 is 1.73 bits per heavy atom. The molecule has 0 aliphatic heterocycles. The van der Waals surface area contributed by atoms with Crippen molar-refractivity contribution in [3.8, 4) is 17.2 Å². The third-order valence-corrected chi connectivity index (χ3v) is 4.38. The van der Waals surface area contributed by atoms with Crippen LogP contribution in [-0.2, 0) is 0 Å². The average Bonchev–Trinajstić information content (AvgIpc) is 2.77. The maximum Gasteiger partial charge on any atom is 0.193 e. The summed E-state index contributed by atoms with van der Waals surface area (Å²) in [6.45, 7) is 3.79. The molecule has 2 rings (SSSR count). The number of hydrogen-bond donors (Lipinski definition) is 2. The zero-order chi connectivity index (χ0) is 21.9. The van der Waals surface area contributed by atoms with Crippen molar-refractivity contribution in [1.82, 2.24) is 10.2 Å². The summed E-state index contributed by atoms with van der Waals surface area (Å²) >= 11 is 0. The second kappa shape index (κ2) is 11.9. The van der Waals surface area contributed by atoms with Gasteiger partial charge in [-0.25, -0.2) is 4.39 Å². The number of aliphatic hydroxyl groups excluding tert-OH is 1. The highest BCUT2D eigenvalue weighted by Crippen LogP contribution is 2.26. The Labute approximate surface area is 177 Å². The van der Waals surface area contributed by atoms with Gasteiger partial charge in [0, 0.05) is 19.7 Å². The molecule has 2 N–H and O–H groups in total. The van der Waals surface area contributed by atoms with Crippen LogP contribution in [0.15, 0.2) is 47.5 Å². The Kier molecular flexibility index (Phi) is 9.21. The molecule has 2 aromatic carbocycles. The average molecular weight is 419 g/mol. The Morgan fingerprint density at radius 3 is 2.30 bits per heavy atom. The van der Waals surface area contributed by atoms with Crippen molar-refractivity contribution in [1.29, 1.82) is 0 Å². The van der Waals surface area contributed by atoms with Crippen molar-refractivity contribution < 1.29 is 23.7 Å². The minimum atomic E-state index is -0.813. The SMILES string of the molecule is CCNC(=NCC(O)c1cc(OC)cc(OC)c1)N(C)CCOc1ccc(F)cc1. The quantitative estimate of drug-likeness (QED) is 0.456. The van der Waals surface area contributed by atoms with Gasteiger partial charge < -0.3 is 29.5 Å². The molecule has 30 heavy (non-hydrogen) atoms. The Bertz CT molecular complexity index is 792. The van der Waals surface area contributed by atoms with Crippen LogP contribution in [0.2, 0.25) is 0 Å². The maximum atomic E-state index is 13.0. The predicted octanol–water partition coefficient (Wildman–Crippen LogP) is 2.85. The number of nitrogens with zero attached hydrogens (tertiary/aromatic N) is 2. The number of likely N-dealkylation sites (N-methyl/N-ethyl adjacent to an activating group) is 1. The van der Waals surface area contributed by atoms with Gasteiger partial charge in [-0.05, 0) is 48.9 Å². The van der Waals surface area contributed by atoms with E-state index >= 15 is 0 Å². The van der Waals surface area contributed by atoms with Crippen LogP contribution in [0.25, 0.3) is 0 Å². The van der Waals surface area contributed by atoms with Crippen LogP contribution in [-0.4, -0.2) is 63.5 Å². The Morgan fingerprint density at radius 1 is 1.10 bits per heavy atom. The molecule has 0 saturated carbocycles. The fraction of sp³-hybridized carbons (Fsp3) is 0.409. The topological polar surface area (TPSA) is 75.6 Å². The zero-order valence-corrected chi connectivity index (χ0v) is 17.9. The molecule has 7 nitrogen and oxygen atoms in total. The fourth-order valence-electron chi connectivity index (χ4n) is 2.71. The van der Waals surface area contributed by atoms with E-state index < -0.39 is 6.10 Å². The first-order chi connectivity index (χ1) is 14.5. The second-order valence-electron chi connectivity index (χ2n) is 6.58. The highest BCUT2D eigenvalue weighted by Gasteiger charge is 2.13. The number of aliphatic hydroxyl groups is 1. The molecule has 1 unspecified atom stereocenters. The lowest BCUT2D eigenvalue weighted by Gasteiger charge is -2.22. The number of hydrogen-bond acceptors (Lipinski definition) is 5. The van der Waals surface area contributed by atoms with Crippen LogP contribution in [0.3, 0.4) is 0 Å². The van der Waals surface area contributed by atoms with E-state index in [4.69, 9.17) is 14.2 Å². The maximum absolute atomic E-state index is 13.0. The monoisotopic (exact) mass is 419 g/mol. The summed E-state index contributed by atoms with van der Waals surface area (Å²) in [6.07, 6.45) is -0.813. The fourth-order valence-corrected chi connectivity index (χ4v) is 2.71. The molecule has 164 valence electrons. The molecule has 0 spiro atoms. The molecule has 0 aliphatic rings. The molecule has 0 saturated heterocycles. The van der Waals surface area contributed by atoms with Crippen LogP contribution >= 0.6 is 0 Å². The van der Waals surface area contributed by atoms with Gasteiger partial charge in [0.15, 0.2) is 5.96 Å². The predicted molar refractivity (Wildman–Crippen MR) is 115 cm³/mol. The number of benzene rings is 2. The molecular formula is C22H30FN3O4. The number of ether oxygens (including phenoxy) is 3. The van der Waals surface area contributed by atoms with Crippen molar-refractivity contribution in [2.45, 2.75) is 13.0 Å². The number of halogens is 1. The van der Waals surface area contributed by atoms with Gasteiger partial charge in [-0.1, -0.05) is 0 Å². The number of aliphatic imine (C=N–C) groups is 1. The van der Waals surface area contributed by atoms with E-state index in [9.17, 15) is 9.50 Å². The third-order valence-electron chi connectivity index (χ3n) is 4.38. The van der Waals surface area contributed by atoms with Gasteiger partial charge in [0.2, 0.25) is 0 Å². The normalized spacial score (nSPS) is 12.3. The van der Waals surface area contributed by atoms with Gasteiger partial charge in [0.05, 0.1) is 33.4 Å². The molecular weight excluding hydrogens is 389 g/mol. The molecule has 0 amide bonds. The van der Waals surface area contributed by atoms with Gasteiger partial charge in [0.25, 0.3) is 0 Å². The standard InChI is InChI=1S/C22H30FN3O4/c1-5-24-22(26(2)10-11-30-18-8-6-17(23)7-9-18)25-15-21(27)16-12-19(28-3)14-20(13-16)29-4/h6-9,12-14,21,27H,5,10-11,15H2,1-4H3,(H,24,25). The first-order valence-electron chi connectivity index (χ1n) is 9.75. The molecule has 0 heterocycles. The summed E-state index contributed by atoms with van der Waals surface area (Å²) in [7, 11) is 5.02. The minimum Gasteiger partial charge on any atom is -0.497 e. The van der Waals surface area contributed by atoms with E-state index in [-0.39, 0.29) is 12.4 Å². The van der Waals surface area contributed by atoms with E-state index in [1.165, 1.54) is 12.1 Å². The van der Waals surface area contributed by atoms with Crippen LogP contribution in [0.4, 0.5) is 4.39 Å². The van der Waals surface area contributed by atoms with Crippen LogP contribution < -0.4 is 19.5 Å². The highest BCUT2D eigenvalue weighted by atomic mass is 19.1. The summed E-state index contributed by atoms with van der Waals surface area (Å²) < 4.78 is 29.1. The number of rotatable bonds is 10. The molecule has 1 atom stereocenters. The van der Waals surface area contributed by atoms with E-state index in [1.54, 1.807) is 44.6 Å². The lowest BCUT2D eigenvalue weighted by atomic mass is 10.1. The molecule has 0 fully saturated rings. The zero-order valence-electron chi connectivity index (χ0n) is 17.9. The van der Waals surface area contributed by atoms with Crippen LogP contribution in [0, 0.1) is 5.82 Å². The van der Waals surface area contributed by atoms with Crippen molar-refractivity contribution in [2.75, 3.05) is 47.5 Å². The van der Waals surface area contributed by atoms with Gasteiger partial charge in [-0.2, -0.15) is 0 Å². The Balaban J connectivity index is 1.97. The summed E-state index contributed by atoms with van der Waals surface area (Å²) in [4.78, 5) is 6.44. The second-order valence-corrected chi connectivity index (χ2v) is 6.58. The van der Waals surface area contributed by atoms with Crippen molar-refractivity contribution >= 4 is 5.96 Å². The third kappa shape index (κ3) is 7.11. The number of nitrogens with one attached hydrogen (secondary N) is 1. The van der Waals surface area contributed by atoms with Gasteiger partial charge in [-0.15, -0.1) is 0 Å². The first-order valence-corrected chi connectivity index (χ1v) is 9.75. The van der Waals surface area contributed by atoms with Crippen molar-refractivity contribution in [3.63, 3.8) is 0 Å². The Hall–Kier alpha value is -3.00. The summed E-state index contributed by atoms with van der Waals surface area (Å²) in [5.74, 6) is 2.17. The molecule has 8 heteroatoms. The molecule has 0 aliphatic carbocycles. The largest absolute Gasteiger partial charge is 0.497 e. The summed E-state index contributed by atoms with van der Waals surface area (Å²) in [5.41, 5.74) is 0.660. The first kappa shape index (κ1) is 23.3. The minimum absolute atomic E-state index is 0.168. The highest BCUT2D eigenvalue weighted by molar-refractivity contribution is 5.79. The van der Waals surface area contributed by atoms with E-state index in [1.807, 2.05) is 18.9 Å². The summed E-state index contributed by atoms with van der Waals surface area (Å²) in [5, 5.41) is 13.8. The van der Waals surface area contributed by atoms with E-state index in [0.29, 0.717) is 48.5 Å². The van der Waals surface area contributed by atoms with E-state index in [2.05, 4.69) is 10.3 Å². The summed E-state index contributed by atoms with van der Waals surface area (Å²) in [6, 6.07) is 11.2. The lowest BCUT2D eigenvalue weighted by molar-refractivity contribution is 0.185. The van der Waals surface area contributed by atoms with Gasteiger partial charge in [-0.3, -0.25) is 4.99 Å². The smallest absolute Gasteiger partial charge is 0.193 e. The molecule has 0 aromatic heterocycles. The van der Waals surface area contributed by atoms with Gasteiger partial charge in [0.1, 0.15) is 29.7 Å². The number of guanidine groups is 1. The molecule has 2 aromatic rings. The number of methoxy groups -OCH3 is 2. The van der Waals surface area contributed by atoms with Crippen molar-refractivity contribution in [3.05, 3.63) is 53.8 Å². The van der Waals surface area contributed by atoms with Gasteiger partial charge >= 0.3 is 0 Å². The molecule has 0 radical (unpaired) electrons. The van der Waals surface area contributed by atoms with E-state index in [0.717, 1.165) is 0 Å².